The summed E-state index contributed by atoms with van der Waals surface area (Å²) in [5.74, 6) is 0.912. The summed E-state index contributed by atoms with van der Waals surface area (Å²) in [6.07, 6.45) is -2.48. The standard InChI is InChI=1S/C29H28F3NO4S/c1-35-28(34)12-18-16-36-26-13-19(2-3-20(18)26)37-25-7-5-21-22(25)4-6-24(29(30,31)32)23(21)14-33-10-8-17-9-11-38-27(17)15-33/h2-4,6,9,11,13,18,25H,5,7-8,10,12,14-16H2,1H3/t18?,25-/m1/s1. The Bertz CT molecular complexity index is 1370. The van der Waals surface area contributed by atoms with Crippen LogP contribution < -0.4 is 9.47 Å². The number of methoxy groups -OCH3 is 1. The van der Waals surface area contributed by atoms with Crippen molar-refractivity contribution in [2.75, 3.05) is 20.3 Å². The second-order valence-electron chi connectivity index (χ2n) is 10.1. The number of carbonyl (C=O) groups is 1. The number of fused-ring (bicyclic) bond motifs is 3. The van der Waals surface area contributed by atoms with Crippen LogP contribution in [0.2, 0.25) is 0 Å². The molecule has 6 rings (SSSR count). The van der Waals surface area contributed by atoms with E-state index in [-0.39, 0.29) is 31.0 Å². The molecule has 3 aromatic rings. The molecule has 0 N–H and O–H groups in total. The van der Waals surface area contributed by atoms with E-state index >= 15 is 0 Å². The lowest BCUT2D eigenvalue weighted by atomic mass is 9.95. The van der Waals surface area contributed by atoms with Gasteiger partial charge >= 0.3 is 12.1 Å². The molecule has 5 nitrogen and oxygen atoms in total. The Balaban J connectivity index is 1.24. The first-order chi connectivity index (χ1) is 18.3. The fourth-order valence-corrected chi connectivity index (χ4v) is 6.88. The number of nitrogens with zero attached hydrogens (tertiary/aromatic N) is 1. The van der Waals surface area contributed by atoms with Crippen molar-refractivity contribution in [3.8, 4) is 11.5 Å². The van der Waals surface area contributed by atoms with Crippen LogP contribution in [0.1, 0.15) is 63.1 Å². The third-order valence-electron chi connectivity index (χ3n) is 7.84. The van der Waals surface area contributed by atoms with Gasteiger partial charge in [-0.2, -0.15) is 13.2 Å². The van der Waals surface area contributed by atoms with Crippen LogP contribution in [0.25, 0.3) is 0 Å². The molecule has 3 heterocycles. The molecule has 0 amide bonds. The van der Waals surface area contributed by atoms with E-state index < -0.39 is 11.7 Å². The normalized spacial score (nSPS) is 20.4. The van der Waals surface area contributed by atoms with Gasteiger partial charge in [0.2, 0.25) is 0 Å². The molecule has 2 aliphatic heterocycles. The SMILES string of the molecule is COC(=O)CC1COc2cc(O[C@@H]3CCc4c3ccc(C(F)(F)F)c4CN3CCc4ccsc4C3)ccc21. The highest BCUT2D eigenvalue weighted by molar-refractivity contribution is 7.10. The molecule has 1 unspecified atom stereocenters. The van der Waals surface area contributed by atoms with E-state index in [4.69, 9.17) is 14.2 Å². The summed E-state index contributed by atoms with van der Waals surface area (Å²) in [6.45, 7) is 2.10. The number of ether oxygens (including phenoxy) is 3. The molecule has 0 spiro atoms. The van der Waals surface area contributed by atoms with Gasteiger partial charge in [0.1, 0.15) is 17.6 Å². The highest BCUT2D eigenvalue weighted by atomic mass is 32.1. The van der Waals surface area contributed by atoms with Gasteiger partial charge in [-0.1, -0.05) is 12.1 Å². The van der Waals surface area contributed by atoms with Crippen LogP contribution in [0.3, 0.4) is 0 Å². The predicted octanol–water partition coefficient (Wildman–Crippen LogP) is 6.43. The van der Waals surface area contributed by atoms with Gasteiger partial charge in [-0.25, -0.2) is 0 Å². The lowest BCUT2D eigenvalue weighted by molar-refractivity contribution is -0.141. The van der Waals surface area contributed by atoms with Crippen molar-refractivity contribution in [3.63, 3.8) is 0 Å². The van der Waals surface area contributed by atoms with Gasteiger partial charge in [0.05, 0.1) is 25.7 Å². The van der Waals surface area contributed by atoms with Crippen LogP contribution in [0.5, 0.6) is 11.5 Å². The Morgan fingerprint density at radius 3 is 2.82 bits per heavy atom. The molecule has 9 heteroatoms. The first-order valence-corrected chi connectivity index (χ1v) is 13.7. The van der Waals surface area contributed by atoms with Gasteiger partial charge in [0, 0.05) is 42.1 Å². The van der Waals surface area contributed by atoms with Gasteiger partial charge in [-0.05, 0) is 65.1 Å². The second kappa shape index (κ2) is 9.93. The van der Waals surface area contributed by atoms with Crippen molar-refractivity contribution in [2.45, 2.75) is 57.0 Å². The van der Waals surface area contributed by atoms with Crippen LogP contribution in [0, 0.1) is 0 Å². The molecule has 2 atom stereocenters. The molecule has 0 radical (unpaired) electrons. The van der Waals surface area contributed by atoms with Crippen molar-refractivity contribution in [1.29, 1.82) is 0 Å². The topological polar surface area (TPSA) is 48.0 Å². The number of benzene rings is 2. The average Bonchev–Trinajstić information content (AvgIpc) is 3.62. The fraction of sp³-hybridized carbons (Fsp3) is 0.414. The molecule has 0 saturated heterocycles. The maximum atomic E-state index is 14.1. The summed E-state index contributed by atoms with van der Waals surface area (Å²) in [6, 6.07) is 10.5. The highest BCUT2D eigenvalue weighted by Crippen LogP contribution is 2.44. The first kappa shape index (κ1) is 25.2. The summed E-state index contributed by atoms with van der Waals surface area (Å²) in [4.78, 5) is 15.1. The van der Waals surface area contributed by atoms with Crippen molar-refractivity contribution in [1.82, 2.24) is 4.90 Å². The zero-order chi connectivity index (χ0) is 26.4. The summed E-state index contributed by atoms with van der Waals surface area (Å²) in [5.41, 5.74) is 3.66. The molecule has 38 heavy (non-hydrogen) atoms. The molecule has 1 aliphatic carbocycles. The Labute approximate surface area is 223 Å². The number of hydrogen-bond acceptors (Lipinski definition) is 6. The minimum absolute atomic E-state index is 0.0675. The van der Waals surface area contributed by atoms with Crippen LogP contribution in [-0.2, 0) is 41.6 Å². The summed E-state index contributed by atoms with van der Waals surface area (Å²) in [7, 11) is 1.37. The zero-order valence-corrected chi connectivity index (χ0v) is 21.8. The van der Waals surface area contributed by atoms with Crippen LogP contribution in [0.15, 0.2) is 41.8 Å². The third-order valence-corrected chi connectivity index (χ3v) is 8.79. The van der Waals surface area contributed by atoms with Crippen LogP contribution in [-0.4, -0.2) is 31.1 Å². The molecule has 1 aromatic heterocycles. The Hall–Kier alpha value is -3.04. The van der Waals surface area contributed by atoms with E-state index in [1.807, 2.05) is 18.2 Å². The molecular weight excluding hydrogens is 515 g/mol. The molecule has 0 saturated carbocycles. The smallest absolute Gasteiger partial charge is 0.416 e. The minimum atomic E-state index is -4.41. The maximum absolute atomic E-state index is 14.1. The van der Waals surface area contributed by atoms with Crippen molar-refractivity contribution < 1.29 is 32.2 Å². The number of halogens is 3. The van der Waals surface area contributed by atoms with E-state index in [2.05, 4.69) is 16.3 Å². The number of carbonyl (C=O) groups excluding carboxylic acids is 1. The molecule has 200 valence electrons. The number of rotatable bonds is 6. The van der Waals surface area contributed by atoms with Gasteiger partial charge in [0.15, 0.2) is 0 Å². The minimum Gasteiger partial charge on any atom is -0.492 e. The van der Waals surface area contributed by atoms with E-state index in [1.54, 1.807) is 17.4 Å². The Morgan fingerprint density at radius 1 is 1.16 bits per heavy atom. The molecule has 2 aromatic carbocycles. The quantitative estimate of drug-likeness (QED) is 0.336. The van der Waals surface area contributed by atoms with Crippen LogP contribution >= 0.6 is 11.3 Å². The lowest BCUT2D eigenvalue weighted by Crippen LogP contribution is -2.30. The molecule has 0 fully saturated rings. The van der Waals surface area contributed by atoms with E-state index in [9.17, 15) is 18.0 Å². The number of esters is 1. The fourth-order valence-electron chi connectivity index (χ4n) is 5.90. The van der Waals surface area contributed by atoms with Gasteiger partial charge in [-0.3, -0.25) is 9.69 Å². The first-order valence-electron chi connectivity index (χ1n) is 12.8. The van der Waals surface area contributed by atoms with E-state index in [0.29, 0.717) is 43.1 Å². The largest absolute Gasteiger partial charge is 0.492 e. The summed E-state index contributed by atoms with van der Waals surface area (Å²) in [5, 5.41) is 2.06. The zero-order valence-electron chi connectivity index (χ0n) is 21.0. The highest BCUT2D eigenvalue weighted by Gasteiger charge is 2.38. The average molecular weight is 544 g/mol. The summed E-state index contributed by atoms with van der Waals surface area (Å²) < 4.78 is 59.1. The predicted molar refractivity (Wildman–Crippen MR) is 137 cm³/mol. The van der Waals surface area contributed by atoms with Gasteiger partial charge < -0.3 is 14.2 Å². The molecule has 0 bridgehead atoms. The van der Waals surface area contributed by atoms with Crippen molar-refractivity contribution >= 4 is 17.3 Å². The van der Waals surface area contributed by atoms with Crippen molar-refractivity contribution in [2.24, 2.45) is 0 Å². The molecular formula is C29H28F3NO4S. The summed E-state index contributed by atoms with van der Waals surface area (Å²) >= 11 is 1.67. The third kappa shape index (κ3) is 4.78. The Kier molecular flexibility index (Phi) is 6.60. The van der Waals surface area contributed by atoms with Crippen molar-refractivity contribution in [3.05, 3.63) is 80.0 Å². The van der Waals surface area contributed by atoms with E-state index in [0.717, 1.165) is 29.7 Å². The number of alkyl halides is 3. The van der Waals surface area contributed by atoms with Gasteiger partial charge in [-0.15, -0.1) is 11.3 Å². The second-order valence-corrected chi connectivity index (χ2v) is 11.1. The Morgan fingerprint density at radius 2 is 2.00 bits per heavy atom. The molecule has 3 aliphatic rings. The monoisotopic (exact) mass is 543 g/mol. The van der Waals surface area contributed by atoms with Gasteiger partial charge in [0.25, 0.3) is 0 Å². The van der Waals surface area contributed by atoms with Crippen LogP contribution in [0.4, 0.5) is 13.2 Å². The number of thiophene rings is 1. The maximum Gasteiger partial charge on any atom is 0.416 e. The van der Waals surface area contributed by atoms with E-state index in [1.165, 1.54) is 23.6 Å². The number of hydrogen-bond donors (Lipinski definition) is 0. The lowest BCUT2D eigenvalue weighted by Gasteiger charge is -2.29.